The minimum Gasteiger partial charge on any atom is -0.756 e. The minimum atomic E-state index is -5.36. The molecule has 0 spiro atoms. The lowest BCUT2D eigenvalue weighted by molar-refractivity contribution is -0.233. The van der Waals surface area contributed by atoms with Gasteiger partial charge in [-0.1, -0.05) is 0 Å². The molecular formula is C32H70F3N7O32P8-8. The van der Waals surface area contributed by atoms with Crippen LogP contribution in [0.5, 0.6) is 0 Å². The van der Waals surface area contributed by atoms with Gasteiger partial charge in [0, 0.05) is 87.2 Å². The number of phosphoric ester groups is 8. The first-order valence-electron chi connectivity index (χ1n) is 23.5. The van der Waals surface area contributed by atoms with Crippen LogP contribution in [0, 0.1) is 41.4 Å². The molecule has 0 fully saturated rings. The number of hydrogen-bond acceptors (Lipinski definition) is 37. The molecule has 0 aromatic heterocycles. The van der Waals surface area contributed by atoms with Crippen LogP contribution in [0.1, 0.15) is 0 Å². The largest absolute Gasteiger partial charge is 0.756 e. The molecule has 14 atom stereocenters. The van der Waals surface area contributed by atoms with Crippen molar-refractivity contribution in [3.05, 3.63) is 0 Å². The highest BCUT2D eigenvalue weighted by atomic mass is 31.2. The molecule has 9 N–H and O–H groups in total. The predicted octanol–water partition coefficient (Wildman–Crippen LogP) is -5.44. The average molecular weight is 1370 g/mol. The molecule has 0 aromatic rings. The quantitative estimate of drug-likeness (QED) is 0.0203. The first-order chi connectivity index (χ1) is 38.0. The molecule has 39 nitrogen and oxygen atoms in total. The maximum atomic E-state index is 13.2. The van der Waals surface area contributed by atoms with Crippen molar-refractivity contribution in [2.45, 2.75) is 0 Å². The Hall–Kier alpha value is 0.390. The van der Waals surface area contributed by atoms with Crippen molar-refractivity contribution in [1.82, 2.24) is 37.9 Å². The van der Waals surface area contributed by atoms with Crippen LogP contribution in [-0.4, -0.2) is 176 Å². The van der Waals surface area contributed by atoms with Gasteiger partial charge in [-0.3, -0.25) is 36.5 Å². The lowest BCUT2D eigenvalue weighted by Gasteiger charge is -2.31. The van der Waals surface area contributed by atoms with E-state index in [0.717, 1.165) is 5.54 Å². The third-order valence-corrected chi connectivity index (χ3v) is 16.2. The van der Waals surface area contributed by atoms with Gasteiger partial charge in [0.2, 0.25) is 0 Å². The van der Waals surface area contributed by atoms with Gasteiger partial charge in [0.1, 0.15) is 0 Å². The van der Waals surface area contributed by atoms with Crippen LogP contribution in [0.2, 0.25) is 0 Å². The maximum Gasteiger partial charge on any atom is 0.267 e. The zero-order valence-electron chi connectivity index (χ0n) is 44.2. The zero-order chi connectivity index (χ0) is 62.7. The van der Waals surface area contributed by atoms with Crippen molar-refractivity contribution in [3.63, 3.8) is 0 Å². The first-order valence-corrected chi connectivity index (χ1v) is 35.3. The van der Waals surface area contributed by atoms with E-state index < -0.39 is 216 Å². The van der Waals surface area contributed by atoms with Crippen LogP contribution in [0.15, 0.2) is 0 Å². The van der Waals surface area contributed by atoms with E-state index in [0.29, 0.717) is 0 Å². The summed E-state index contributed by atoms with van der Waals surface area (Å²) in [5.74, 6) is -8.25. The van der Waals surface area contributed by atoms with E-state index in [1.165, 1.54) is 39.3 Å². The Morgan fingerprint density at radius 1 is 0.280 bits per heavy atom. The standard InChI is InChI=1S/C32H78F3N7O32P8/c1-36-5-26(12-61-75(43,44)45)14-63-77(49,50)69-20-30(9-40-33)22-71-79(53,54)65-16-28(7-38-3)18-67-81(57,58)73-24-32(11-42-35)25-74-82(59,60)68-19-29(8-39-4)17-66-80(55,56)72-23-31(10-41-34)21-70-78(51,52)64-15-27(6-37-2)13-62-76(46,47)48/h26-32,36-42H,5-25H2,1-4H3,(H,49,50)(H,51,52)(H,53,54)(H,55,56)(H,57,58)(H,59,60)(H2,43,44,45)(H2,46,47,48)/p-8. The fourth-order valence-corrected chi connectivity index (χ4v) is 11.6. The van der Waals surface area contributed by atoms with E-state index in [4.69, 9.17) is 46.0 Å². The van der Waals surface area contributed by atoms with Crippen molar-refractivity contribution in [2.24, 2.45) is 41.4 Å². The highest BCUT2D eigenvalue weighted by molar-refractivity contribution is 7.47. The monoisotopic (exact) mass is 1370 g/mol. The number of nitrogens with one attached hydrogen (secondary N) is 7. The van der Waals surface area contributed by atoms with Crippen LogP contribution in [0.25, 0.3) is 0 Å². The van der Waals surface area contributed by atoms with Gasteiger partial charge in [0.15, 0.2) is 0 Å². The molecule has 0 heterocycles. The van der Waals surface area contributed by atoms with Gasteiger partial charge >= 0.3 is 0 Å². The fourth-order valence-electron chi connectivity index (χ4n) is 5.63. The van der Waals surface area contributed by atoms with E-state index in [1.54, 1.807) is 0 Å². The number of rotatable bonds is 56. The second-order valence-electron chi connectivity index (χ2n) is 17.1. The number of phosphoric acid groups is 8. The van der Waals surface area contributed by atoms with Gasteiger partial charge < -0.3 is 134 Å². The van der Waals surface area contributed by atoms with Crippen LogP contribution in [-0.2, 0) is 99.9 Å². The molecule has 50 heteroatoms. The van der Waals surface area contributed by atoms with Crippen molar-refractivity contribution < 1.29 is 162 Å². The summed E-state index contributed by atoms with van der Waals surface area (Å²) >= 11 is 0. The van der Waals surface area contributed by atoms with Gasteiger partial charge in [-0.05, 0) is 28.2 Å². The zero-order valence-corrected chi connectivity index (χ0v) is 51.4. The number of hydrogen-bond donors (Lipinski definition) is 9. The Labute approximate surface area is 469 Å². The van der Waals surface area contributed by atoms with Crippen LogP contribution < -0.4 is 77.0 Å². The molecular weight excluding hydrogens is 1300 g/mol. The van der Waals surface area contributed by atoms with Gasteiger partial charge in [-0.25, -0.2) is 0 Å². The summed E-state index contributed by atoms with van der Waals surface area (Å²) in [5.41, 5.74) is 3.51. The van der Waals surface area contributed by atoms with Crippen LogP contribution in [0.4, 0.5) is 13.4 Å². The summed E-state index contributed by atoms with van der Waals surface area (Å²) in [6.07, 6.45) is 0. The molecule has 494 valence electrons. The summed E-state index contributed by atoms with van der Waals surface area (Å²) in [6, 6.07) is 0. The lowest BCUT2D eigenvalue weighted by Crippen LogP contribution is -2.31. The topological polar surface area (TPSA) is 575 Å². The smallest absolute Gasteiger partial charge is 0.267 e. The lowest BCUT2D eigenvalue weighted by atomic mass is 10.2. The van der Waals surface area contributed by atoms with Crippen molar-refractivity contribution in [1.29, 1.82) is 0 Å². The molecule has 0 amide bonds. The Balaban J connectivity index is 5.24. The molecule has 0 aromatic carbocycles. The third-order valence-electron chi connectivity index (χ3n) is 9.64. The predicted molar refractivity (Wildman–Crippen MR) is 256 cm³/mol. The van der Waals surface area contributed by atoms with Crippen molar-refractivity contribution in [3.8, 4) is 0 Å². The summed E-state index contributed by atoms with van der Waals surface area (Å²) in [5, 5.41) is 10.4. The third kappa shape index (κ3) is 45.6. The van der Waals surface area contributed by atoms with Gasteiger partial charge in [0.05, 0.1) is 92.5 Å². The Kier molecular flexibility index (Phi) is 42.6. The normalized spacial score (nSPS) is 20.9. The van der Waals surface area contributed by atoms with E-state index in [-0.39, 0.29) is 26.2 Å². The van der Waals surface area contributed by atoms with Gasteiger partial charge in [-0.2, -0.15) is 16.6 Å². The van der Waals surface area contributed by atoms with Crippen molar-refractivity contribution in [2.75, 3.05) is 167 Å². The maximum absolute atomic E-state index is 13.2. The first kappa shape index (κ1) is 82.4. The SMILES string of the molecule is CNCC(COP(=O)([O-])O)COP(=O)([O-])OCC(CNF)COP(=O)([O-])OCC(CNC)COP(=O)([O-])OCC(CNF)COP(=O)([O-])OCC(CNC)COP(=O)([O-])OCC(CNF)COP(=O)([O-])OCC(CNC)COP(=O)([O-])O. The molecule has 0 bridgehead atoms. The van der Waals surface area contributed by atoms with Crippen LogP contribution in [0.3, 0.4) is 0 Å². The molecule has 0 aliphatic carbocycles. The Bertz CT molecular complexity index is 2000. The van der Waals surface area contributed by atoms with E-state index in [9.17, 15) is 89.1 Å². The summed E-state index contributed by atoms with van der Waals surface area (Å²) in [4.78, 5) is 114. The highest BCUT2D eigenvalue weighted by Crippen LogP contribution is 2.46. The minimum absolute atomic E-state index is 0.0507. The summed E-state index contributed by atoms with van der Waals surface area (Å²) < 4.78 is 201. The average Bonchev–Trinajstić information content (AvgIpc) is 3.37. The van der Waals surface area contributed by atoms with Gasteiger partial charge in [-0.15, -0.1) is 13.4 Å². The highest BCUT2D eigenvalue weighted by Gasteiger charge is 2.27. The molecule has 0 radical (unpaired) electrons. The van der Waals surface area contributed by atoms with E-state index in [2.05, 4.69) is 48.4 Å². The molecule has 0 saturated heterocycles. The summed E-state index contributed by atoms with van der Waals surface area (Å²) in [6.45, 7) is -14.6. The van der Waals surface area contributed by atoms with Gasteiger partial charge in [0.25, 0.3) is 62.6 Å². The number of halogens is 3. The molecule has 0 aliphatic rings. The second-order valence-corrected chi connectivity index (χ2v) is 27.9. The second kappa shape index (κ2) is 42.4. The Morgan fingerprint density at radius 2 is 0.402 bits per heavy atom. The van der Waals surface area contributed by atoms with E-state index in [1.807, 2.05) is 0 Å². The summed E-state index contributed by atoms with van der Waals surface area (Å²) in [7, 11) is -36.5. The Morgan fingerprint density at radius 3 is 0.512 bits per heavy atom. The van der Waals surface area contributed by atoms with Crippen LogP contribution >= 0.6 is 62.6 Å². The molecule has 82 heavy (non-hydrogen) atoms. The molecule has 0 saturated carbocycles. The molecule has 0 aliphatic heterocycles. The fraction of sp³-hybridized carbons (Fsp3) is 1.00. The molecule has 0 rings (SSSR count). The van der Waals surface area contributed by atoms with Crippen molar-refractivity contribution >= 4 is 62.6 Å². The molecule has 14 unspecified atom stereocenters. The van der Waals surface area contributed by atoms with E-state index >= 15 is 0 Å².